The van der Waals surface area contributed by atoms with Gasteiger partial charge in [0.2, 0.25) is 0 Å². The van der Waals surface area contributed by atoms with Gasteiger partial charge in [0.05, 0.1) is 13.0 Å². The van der Waals surface area contributed by atoms with Crippen molar-refractivity contribution in [1.82, 2.24) is 10.6 Å². The van der Waals surface area contributed by atoms with Gasteiger partial charge in [0.15, 0.2) is 5.96 Å². The molecule has 1 aromatic carbocycles. The average molecular weight is 347 g/mol. The highest BCUT2D eigenvalue weighted by Gasteiger charge is 2.26. The lowest BCUT2D eigenvalue weighted by atomic mass is 10.2. The first-order valence-corrected chi connectivity index (χ1v) is 7.76. The Balaban J connectivity index is 2.40. The summed E-state index contributed by atoms with van der Waals surface area (Å²) in [4.78, 5) is 4.06. The van der Waals surface area contributed by atoms with Crippen LogP contribution in [-0.4, -0.2) is 49.6 Å². The summed E-state index contributed by atoms with van der Waals surface area (Å²) in [6.07, 6.45) is -6.02. The zero-order valence-corrected chi connectivity index (χ0v) is 13.9. The highest BCUT2D eigenvalue weighted by Crippen LogP contribution is 2.18. The predicted octanol–water partition coefficient (Wildman–Crippen LogP) is 2.24. The number of halogens is 3. The van der Waals surface area contributed by atoms with Crippen LogP contribution in [0.25, 0.3) is 0 Å². The fourth-order valence-electron chi connectivity index (χ4n) is 1.81. The number of alkyl halides is 3. The molecule has 1 rings (SSSR count). The molecule has 8 heteroatoms. The van der Waals surface area contributed by atoms with Crippen molar-refractivity contribution in [2.45, 2.75) is 32.5 Å². The second-order valence-corrected chi connectivity index (χ2v) is 5.29. The molecule has 0 saturated heterocycles. The van der Waals surface area contributed by atoms with Gasteiger partial charge in [-0.15, -0.1) is 0 Å². The minimum Gasteiger partial charge on any atom is -0.491 e. The highest BCUT2D eigenvalue weighted by atomic mass is 19.4. The molecule has 0 aliphatic heterocycles. The number of nitrogens with zero attached hydrogens (tertiary/aromatic N) is 1. The molecule has 0 amide bonds. The van der Waals surface area contributed by atoms with Crippen molar-refractivity contribution in [1.29, 1.82) is 0 Å². The maximum atomic E-state index is 12.1. The van der Waals surface area contributed by atoms with Gasteiger partial charge in [-0.25, -0.2) is 0 Å². The summed E-state index contributed by atoms with van der Waals surface area (Å²) in [5.41, 5.74) is 1.04. The van der Waals surface area contributed by atoms with Crippen molar-refractivity contribution in [3.63, 3.8) is 0 Å². The van der Waals surface area contributed by atoms with Crippen molar-refractivity contribution in [2.24, 2.45) is 4.99 Å². The topological polar surface area (TPSA) is 65.9 Å². The number of ether oxygens (including phenoxy) is 1. The number of hydrogen-bond acceptors (Lipinski definition) is 3. The molecule has 24 heavy (non-hydrogen) atoms. The minimum absolute atomic E-state index is 0.0210. The van der Waals surface area contributed by atoms with Crippen LogP contribution in [0.4, 0.5) is 13.2 Å². The molecule has 0 bridgehead atoms. The summed E-state index contributed by atoms with van der Waals surface area (Å²) >= 11 is 0. The molecule has 0 aliphatic carbocycles. The molecule has 0 saturated carbocycles. The molecule has 1 aromatic rings. The smallest absolute Gasteiger partial charge is 0.390 e. The van der Waals surface area contributed by atoms with E-state index in [4.69, 9.17) is 4.74 Å². The molecule has 136 valence electrons. The molecule has 0 aromatic heterocycles. The van der Waals surface area contributed by atoms with Gasteiger partial charge in [0.1, 0.15) is 18.5 Å². The molecule has 1 unspecified atom stereocenters. The monoisotopic (exact) mass is 347 g/mol. The molecule has 0 aliphatic rings. The number of guanidine groups is 1. The van der Waals surface area contributed by atoms with Gasteiger partial charge in [0, 0.05) is 13.1 Å². The van der Waals surface area contributed by atoms with Crippen molar-refractivity contribution in [2.75, 3.05) is 26.2 Å². The quantitative estimate of drug-likeness (QED) is 0.498. The second-order valence-electron chi connectivity index (χ2n) is 5.29. The van der Waals surface area contributed by atoms with E-state index in [1.54, 1.807) is 13.0 Å². The van der Waals surface area contributed by atoms with Crippen LogP contribution in [-0.2, 0) is 0 Å². The zero-order valence-electron chi connectivity index (χ0n) is 13.9. The van der Waals surface area contributed by atoms with Crippen molar-refractivity contribution in [3.05, 3.63) is 29.8 Å². The molecule has 3 N–H and O–H groups in total. The normalized spacial score (nSPS) is 13.5. The van der Waals surface area contributed by atoms with E-state index in [2.05, 4.69) is 15.6 Å². The molecular formula is C16H24F3N3O2. The lowest BCUT2D eigenvalue weighted by Gasteiger charge is -2.14. The van der Waals surface area contributed by atoms with Gasteiger partial charge in [-0.1, -0.05) is 12.1 Å². The Morgan fingerprint density at radius 2 is 2.08 bits per heavy atom. The maximum Gasteiger partial charge on any atom is 0.390 e. The highest BCUT2D eigenvalue weighted by molar-refractivity contribution is 5.79. The van der Waals surface area contributed by atoms with Gasteiger partial charge in [-0.2, -0.15) is 13.2 Å². The molecular weight excluding hydrogens is 323 g/mol. The standard InChI is InChI=1S/C16H24F3N3O2/c1-3-20-15(21-8-7-16(17,18)19)22-10-13(23)11-24-14-6-4-5-12(2)9-14/h4-6,9,13,23H,3,7-8,10-11H2,1-2H3,(H2,20,21,22). The molecule has 0 spiro atoms. The number of aliphatic hydroxyl groups excluding tert-OH is 1. The second kappa shape index (κ2) is 10.0. The fraction of sp³-hybridized carbons (Fsp3) is 0.562. The Morgan fingerprint density at radius 1 is 1.33 bits per heavy atom. The first-order chi connectivity index (χ1) is 11.3. The van der Waals surface area contributed by atoms with Crippen LogP contribution in [0.3, 0.4) is 0 Å². The van der Waals surface area contributed by atoms with E-state index >= 15 is 0 Å². The summed E-state index contributed by atoms with van der Waals surface area (Å²) in [5.74, 6) is 0.879. The van der Waals surface area contributed by atoms with Crippen molar-refractivity contribution in [3.8, 4) is 5.75 Å². The Bertz CT molecular complexity index is 522. The largest absolute Gasteiger partial charge is 0.491 e. The van der Waals surface area contributed by atoms with E-state index in [0.717, 1.165) is 5.56 Å². The zero-order chi connectivity index (χ0) is 18.0. The lowest BCUT2D eigenvalue weighted by Crippen LogP contribution is -2.39. The van der Waals surface area contributed by atoms with E-state index in [1.807, 2.05) is 25.1 Å². The lowest BCUT2D eigenvalue weighted by molar-refractivity contribution is -0.132. The van der Waals surface area contributed by atoms with E-state index in [1.165, 1.54) is 0 Å². The Hall–Kier alpha value is -1.96. The van der Waals surface area contributed by atoms with E-state index < -0.39 is 18.7 Å². The number of benzene rings is 1. The van der Waals surface area contributed by atoms with Gasteiger partial charge in [0.25, 0.3) is 0 Å². The van der Waals surface area contributed by atoms with Crippen LogP contribution in [0, 0.1) is 6.92 Å². The SMILES string of the molecule is CCNC(=NCC(O)COc1cccc(C)c1)NCCC(F)(F)F. The summed E-state index contributed by atoms with van der Waals surface area (Å²) in [6, 6.07) is 7.41. The number of nitrogens with one attached hydrogen (secondary N) is 2. The Labute approximate surface area is 139 Å². The van der Waals surface area contributed by atoms with Crippen LogP contribution < -0.4 is 15.4 Å². The number of aryl methyl sites for hydroxylation is 1. The molecule has 0 fully saturated rings. The van der Waals surface area contributed by atoms with Crippen LogP contribution in [0.2, 0.25) is 0 Å². The minimum atomic E-state index is -4.22. The van der Waals surface area contributed by atoms with Gasteiger partial charge in [-0.3, -0.25) is 4.99 Å². The molecule has 0 heterocycles. The van der Waals surface area contributed by atoms with Crippen molar-refractivity contribution >= 4 is 5.96 Å². The Morgan fingerprint density at radius 3 is 2.71 bits per heavy atom. The number of aliphatic hydroxyl groups is 1. The third-order valence-electron chi connectivity index (χ3n) is 2.94. The first kappa shape index (κ1) is 20.1. The molecule has 5 nitrogen and oxygen atoms in total. The Kier molecular flexibility index (Phi) is 8.39. The summed E-state index contributed by atoms with van der Waals surface area (Å²) in [7, 11) is 0. The maximum absolute atomic E-state index is 12.1. The summed E-state index contributed by atoms with van der Waals surface area (Å²) in [6.45, 7) is 4.04. The van der Waals surface area contributed by atoms with Crippen molar-refractivity contribution < 1.29 is 23.0 Å². The predicted molar refractivity (Wildman–Crippen MR) is 87.3 cm³/mol. The number of hydrogen-bond donors (Lipinski definition) is 3. The summed E-state index contributed by atoms with van der Waals surface area (Å²) < 4.78 is 41.9. The van der Waals surface area contributed by atoms with Gasteiger partial charge >= 0.3 is 6.18 Å². The van der Waals surface area contributed by atoms with E-state index in [-0.39, 0.29) is 25.7 Å². The van der Waals surface area contributed by atoms with Crippen LogP contribution in [0.5, 0.6) is 5.75 Å². The fourth-order valence-corrected chi connectivity index (χ4v) is 1.81. The number of rotatable bonds is 8. The van der Waals surface area contributed by atoms with Crippen LogP contribution >= 0.6 is 0 Å². The average Bonchev–Trinajstić information content (AvgIpc) is 2.49. The first-order valence-electron chi connectivity index (χ1n) is 7.76. The van der Waals surface area contributed by atoms with Gasteiger partial charge in [-0.05, 0) is 31.5 Å². The van der Waals surface area contributed by atoms with Gasteiger partial charge < -0.3 is 20.5 Å². The molecule has 0 radical (unpaired) electrons. The number of aliphatic imine (C=N–C) groups is 1. The van der Waals surface area contributed by atoms with Crippen LogP contribution in [0.15, 0.2) is 29.3 Å². The summed E-state index contributed by atoms with van der Waals surface area (Å²) in [5, 5.41) is 15.3. The van der Waals surface area contributed by atoms with E-state index in [9.17, 15) is 18.3 Å². The van der Waals surface area contributed by atoms with E-state index in [0.29, 0.717) is 12.3 Å². The third-order valence-corrected chi connectivity index (χ3v) is 2.94. The molecule has 1 atom stereocenters. The third kappa shape index (κ3) is 9.24. The van der Waals surface area contributed by atoms with Crippen LogP contribution in [0.1, 0.15) is 18.9 Å².